The molecule has 36 heavy (non-hydrogen) atoms. The summed E-state index contributed by atoms with van der Waals surface area (Å²) in [5, 5.41) is 1.01. The first-order valence-corrected chi connectivity index (χ1v) is 14.4. The van der Waals surface area contributed by atoms with Crippen molar-refractivity contribution in [3.05, 3.63) is 60.0 Å². The quantitative estimate of drug-likeness (QED) is 0.465. The van der Waals surface area contributed by atoms with Crippen molar-refractivity contribution in [2.45, 2.75) is 56.3 Å². The number of halogens is 1. The van der Waals surface area contributed by atoms with Gasteiger partial charge in [-0.3, -0.25) is 9.52 Å². The third-order valence-electron chi connectivity index (χ3n) is 8.14. The van der Waals surface area contributed by atoms with Gasteiger partial charge in [0.1, 0.15) is 5.82 Å². The smallest absolute Gasteiger partial charge is 0.261 e. The zero-order valence-corrected chi connectivity index (χ0v) is 21.7. The van der Waals surface area contributed by atoms with E-state index < -0.39 is 15.8 Å². The molecule has 1 aromatic heterocycles. The van der Waals surface area contributed by atoms with Gasteiger partial charge in [-0.15, -0.1) is 0 Å². The summed E-state index contributed by atoms with van der Waals surface area (Å²) in [5.74, 6) is 0.771. The standard InChI is InChI=1S/C28H34FN3O3S/c1-19(20-5-3-4-6-20)28(33)32-15-13-21(14-16-32)26-18-31(2)27-12-9-23(17-25(26)27)30-36(34,35)24-10-7-22(29)8-11-24/h7-12,17-21,30H,3-6,13-16H2,1-2H3. The van der Waals surface area contributed by atoms with E-state index in [9.17, 15) is 17.6 Å². The number of aromatic nitrogens is 1. The van der Waals surface area contributed by atoms with Crippen molar-refractivity contribution in [3.63, 3.8) is 0 Å². The number of sulfonamides is 1. The van der Waals surface area contributed by atoms with Gasteiger partial charge >= 0.3 is 0 Å². The van der Waals surface area contributed by atoms with Gasteiger partial charge in [-0.2, -0.15) is 0 Å². The van der Waals surface area contributed by atoms with Crippen LogP contribution in [-0.2, 0) is 21.9 Å². The second-order valence-corrected chi connectivity index (χ2v) is 12.1. The zero-order chi connectivity index (χ0) is 25.4. The summed E-state index contributed by atoms with van der Waals surface area (Å²) in [6, 6.07) is 10.3. The second-order valence-electron chi connectivity index (χ2n) is 10.4. The molecule has 0 radical (unpaired) electrons. The molecule has 1 aliphatic heterocycles. The van der Waals surface area contributed by atoms with Crippen LogP contribution < -0.4 is 4.72 Å². The van der Waals surface area contributed by atoms with Crippen molar-refractivity contribution < 1.29 is 17.6 Å². The molecule has 1 saturated heterocycles. The van der Waals surface area contributed by atoms with Crippen molar-refractivity contribution in [2.75, 3.05) is 17.8 Å². The highest BCUT2D eigenvalue weighted by Gasteiger charge is 2.32. The number of amides is 1. The number of carbonyl (C=O) groups excluding carboxylic acids is 1. The summed E-state index contributed by atoms with van der Waals surface area (Å²) in [6.07, 6.45) is 8.76. The van der Waals surface area contributed by atoms with Gasteiger partial charge in [0.25, 0.3) is 10.0 Å². The fraction of sp³-hybridized carbons (Fsp3) is 0.464. The highest BCUT2D eigenvalue weighted by molar-refractivity contribution is 7.92. The minimum Gasteiger partial charge on any atom is -0.350 e. The van der Waals surface area contributed by atoms with Crippen LogP contribution in [0.2, 0.25) is 0 Å². The number of hydrogen-bond acceptors (Lipinski definition) is 3. The molecule has 1 saturated carbocycles. The van der Waals surface area contributed by atoms with Crippen LogP contribution >= 0.6 is 0 Å². The van der Waals surface area contributed by atoms with Crippen molar-refractivity contribution in [1.82, 2.24) is 9.47 Å². The highest BCUT2D eigenvalue weighted by atomic mass is 32.2. The first-order valence-electron chi connectivity index (χ1n) is 12.9. The van der Waals surface area contributed by atoms with Crippen LogP contribution in [0.1, 0.15) is 56.9 Å². The number of anilines is 1. The number of likely N-dealkylation sites (tertiary alicyclic amines) is 1. The van der Waals surface area contributed by atoms with Crippen LogP contribution in [0, 0.1) is 17.7 Å². The van der Waals surface area contributed by atoms with Gasteiger partial charge in [-0.25, -0.2) is 12.8 Å². The normalized spacial score (nSPS) is 18.6. The minimum atomic E-state index is -3.83. The Hall–Kier alpha value is -2.87. The minimum absolute atomic E-state index is 0.0150. The summed E-state index contributed by atoms with van der Waals surface area (Å²) < 4.78 is 43.6. The first kappa shape index (κ1) is 24.8. The summed E-state index contributed by atoms with van der Waals surface area (Å²) in [7, 11) is -1.83. The van der Waals surface area contributed by atoms with Gasteiger partial charge < -0.3 is 9.47 Å². The van der Waals surface area contributed by atoms with E-state index in [0.29, 0.717) is 23.4 Å². The van der Waals surface area contributed by atoms with Gasteiger partial charge in [-0.1, -0.05) is 19.8 Å². The number of carbonyl (C=O) groups is 1. The number of nitrogens with zero attached hydrogens (tertiary/aromatic N) is 2. The third kappa shape index (κ3) is 4.88. The molecule has 8 heteroatoms. The molecule has 3 aromatic rings. The third-order valence-corrected chi connectivity index (χ3v) is 9.54. The summed E-state index contributed by atoms with van der Waals surface area (Å²) >= 11 is 0. The predicted molar refractivity (Wildman–Crippen MR) is 140 cm³/mol. The molecule has 1 amide bonds. The van der Waals surface area contributed by atoms with E-state index in [0.717, 1.165) is 49.0 Å². The van der Waals surface area contributed by atoms with Crippen LogP contribution in [0.5, 0.6) is 0 Å². The lowest BCUT2D eigenvalue weighted by Crippen LogP contribution is -2.42. The molecule has 2 aliphatic rings. The average molecular weight is 512 g/mol. The molecular formula is C28H34FN3O3S. The van der Waals surface area contributed by atoms with E-state index >= 15 is 0 Å². The fourth-order valence-corrected chi connectivity index (χ4v) is 7.05. The molecule has 5 rings (SSSR count). The Bertz CT molecular complexity index is 1350. The molecule has 0 bridgehead atoms. The van der Waals surface area contributed by atoms with E-state index in [1.54, 1.807) is 6.07 Å². The number of rotatable bonds is 6. The number of fused-ring (bicyclic) bond motifs is 1. The molecule has 0 spiro atoms. The second kappa shape index (κ2) is 9.88. The van der Waals surface area contributed by atoms with E-state index in [2.05, 4.69) is 22.4 Å². The van der Waals surface area contributed by atoms with Gasteiger partial charge in [0.05, 0.1) is 4.90 Å². The van der Waals surface area contributed by atoms with E-state index in [-0.39, 0.29) is 10.8 Å². The lowest BCUT2D eigenvalue weighted by Gasteiger charge is -2.35. The molecule has 192 valence electrons. The Labute approximate surface area is 212 Å². The van der Waals surface area contributed by atoms with Gasteiger partial charge in [0, 0.05) is 48.8 Å². The number of piperidine rings is 1. The predicted octanol–water partition coefficient (Wildman–Crippen LogP) is 5.65. The topological polar surface area (TPSA) is 71.4 Å². The van der Waals surface area contributed by atoms with Crippen LogP contribution in [0.25, 0.3) is 10.9 Å². The number of benzene rings is 2. The maximum Gasteiger partial charge on any atom is 0.261 e. The maximum atomic E-state index is 13.2. The molecule has 1 atom stereocenters. The molecule has 2 heterocycles. The SMILES string of the molecule is CC(C(=O)N1CCC(c2cn(C)c3ccc(NS(=O)(=O)c4ccc(F)cc4)cc23)CC1)C1CCCC1. The summed E-state index contributed by atoms with van der Waals surface area (Å²) in [4.78, 5) is 15.2. The Morgan fingerprint density at radius 1 is 1.03 bits per heavy atom. The van der Waals surface area contributed by atoms with Gasteiger partial charge in [0.2, 0.25) is 5.91 Å². The Morgan fingerprint density at radius 2 is 1.69 bits per heavy atom. The molecule has 6 nitrogen and oxygen atoms in total. The average Bonchev–Trinajstić information content (AvgIpc) is 3.52. The van der Waals surface area contributed by atoms with Gasteiger partial charge in [0.15, 0.2) is 0 Å². The number of nitrogens with one attached hydrogen (secondary N) is 1. The highest BCUT2D eigenvalue weighted by Crippen LogP contribution is 2.37. The zero-order valence-electron chi connectivity index (χ0n) is 20.9. The number of hydrogen-bond donors (Lipinski definition) is 1. The molecular weight excluding hydrogens is 477 g/mol. The van der Waals surface area contributed by atoms with Crippen LogP contribution in [0.3, 0.4) is 0 Å². The van der Waals surface area contributed by atoms with E-state index in [1.165, 1.54) is 43.4 Å². The molecule has 2 fully saturated rings. The van der Waals surface area contributed by atoms with Crippen molar-refractivity contribution in [2.24, 2.45) is 18.9 Å². The monoisotopic (exact) mass is 511 g/mol. The number of aryl methyl sites for hydroxylation is 1. The van der Waals surface area contributed by atoms with Gasteiger partial charge in [-0.05, 0) is 85.5 Å². The Morgan fingerprint density at radius 3 is 2.36 bits per heavy atom. The molecule has 2 aromatic carbocycles. The van der Waals surface area contributed by atoms with Crippen LogP contribution in [0.4, 0.5) is 10.1 Å². The van der Waals surface area contributed by atoms with Crippen molar-refractivity contribution in [1.29, 1.82) is 0 Å². The van der Waals surface area contributed by atoms with Crippen LogP contribution in [0.15, 0.2) is 53.6 Å². The Balaban J connectivity index is 1.32. The lowest BCUT2D eigenvalue weighted by atomic mass is 9.87. The van der Waals surface area contributed by atoms with Crippen molar-refractivity contribution >= 4 is 32.5 Å². The lowest BCUT2D eigenvalue weighted by molar-refractivity contribution is -0.137. The summed E-state index contributed by atoms with van der Waals surface area (Å²) in [5.41, 5.74) is 2.69. The first-order chi connectivity index (χ1) is 17.2. The maximum absolute atomic E-state index is 13.2. The van der Waals surface area contributed by atoms with Crippen LogP contribution in [-0.4, -0.2) is 36.9 Å². The largest absolute Gasteiger partial charge is 0.350 e. The fourth-order valence-electron chi connectivity index (χ4n) is 6.00. The Kier molecular flexibility index (Phi) is 6.81. The van der Waals surface area contributed by atoms with Crippen molar-refractivity contribution in [3.8, 4) is 0 Å². The molecule has 1 N–H and O–H groups in total. The molecule has 1 aliphatic carbocycles. The van der Waals surface area contributed by atoms with E-state index in [4.69, 9.17) is 0 Å². The molecule has 1 unspecified atom stereocenters. The van der Waals surface area contributed by atoms with E-state index in [1.807, 2.05) is 24.1 Å². The summed E-state index contributed by atoms with van der Waals surface area (Å²) in [6.45, 7) is 3.62.